The molecule has 0 spiro atoms. The number of anilines is 1. The van der Waals surface area contributed by atoms with Crippen LogP contribution in [0.3, 0.4) is 0 Å². The van der Waals surface area contributed by atoms with E-state index in [0.717, 1.165) is 24.2 Å². The van der Waals surface area contributed by atoms with E-state index in [2.05, 4.69) is 28.4 Å². The van der Waals surface area contributed by atoms with E-state index in [-0.39, 0.29) is 0 Å². The molecule has 106 valence electrons. The van der Waals surface area contributed by atoms with Crippen molar-refractivity contribution in [3.8, 4) is 11.6 Å². The number of aryl methyl sites for hydroxylation is 2. The minimum atomic E-state index is 0.540. The summed E-state index contributed by atoms with van der Waals surface area (Å²) in [5, 5.41) is 0. The van der Waals surface area contributed by atoms with Gasteiger partial charge in [-0.05, 0) is 31.0 Å². The first-order valence-corrected chi connectivity index (χ1v) is 6.78. The smallest absolute Gasteiger partial charge is 0.227 e. The molecule has 0 bridgehead atoms. The van der Waals surface area contributed by atoms with E-state index >= 15 is 0 Å². The Morgan fingerprint density at radius 3 is 2.65 bits per heavy atom. The van der Waals surface area contributed by atoms with Crippen molar-refractivity contribution in [1.82, 2.24) is 9.97 Å². The van der Waals surface area contributed by atoms with Crippen molar-refractivity contribution in [2.75, 3.05) is 5.43 Å². The van der Waals surface area contributed by atoms with Crippen LogP contribution in [0.25, 0.3) is 0 Å². The molecule has 0 unspecified atom stereocenters. The number of ether oxygens (including phenoxy) is 1. The monoisotopic (exact) mass is 272 g/mol. The van der Waals surface area contributed by atoms with Gasteiger partial charge in [0.1, 0.15) is 17.4 Å². The van der Waals surface area contributed by atoms with Gasteiger partial charge in [-0.1, -0.05) is 26.0 Å². The molecule has 1 heterocycles. The summed E-state index contributed by atoms with van der Waals surface area (Å²) in [6.07, 6.45) is 1.69. The molecule has 2 rings (SSSR count). The molecule has 0 radical (unpaired) electrons. The quantitative estimate of drug-likeness (QED) is 0.646. The average molecular weight is 272 g/mol. The Morgan fingerprint density at radius 2 is 2.00 bits per heavy atom. The first-order valence-electron chi connectivity index (χ1n) is 6.78. The Kier molecular flexibility index (Phi) is 4.53. The second-order valence-electron chi connectivity index (χ2n) is 4.52. The van der Waals surface area contributed by atoms with Crippen molar-refractivity contribution in [2.24, 2.45) is 5.84 Å². The number of rotatable bonds is 5. The second kappa shape index (κ2) is 6.34. The molecule has 1 aromatic heterocycles. The molecule has 0 aliphatic heterocycles. The Balaban J connectivity index is 2.36. The number of nitrogens with zero attached hydrogens (tertiary/aromatic N) is 2. The molecule has 5 heteroatoms. The van der Waals surface area contributed by atoms with Crippen LogP contribution in [-0.4, -0.2) is 9.97 Å². The normalized spacial score (nSPS) is 10.4. The summed E-state index contributed by atoms with van der Waals surface area (Å²) < 4.78 is 5.89. The van der Waals surface area contributed by atoms with Crippen LogP contribution in [0.1, 0.15) is 30.8 Å². The fourth-order valence-electron chi connectivity index (χ4n) is 1.88. The van der Waals surface area contributed by atoms with Gasteiger partial charge < -0.3 is 10.2 Å². The van der Waals surface area contributed by atoms with Gasteiger partial charge in [0.15, 0.2) is 0 Å². The lowest BCUT2D eigenvalue weighted by Gasteiger charge is -2.12. The third-order valence-electron chi connectivity index (χ3n) is 3.12. The lowest BCUT2D eigenvalue weighted by atomic mass is 10.2. The summed E-state index contributed by atoms with van der Waals surface area (Å²) in [6.45, 7) is 5.99. The SMILES string of the molecule is CCc1cccc(Oc2nc(CC)nc(NN)c2C)c1. The van der Waals surface area contributed by atoms with Crippen molar-refractivity contribution >= 4 is 5.82 Å². The van der Waals surface area contributed by atoms with Crippen LogP contribution in [0.5, 0.6) is 11.6 Å². The summed E-state index contributed by atoms with van der Waals surface area (Å²) in [5.74, 6) is 8.10. The van der Waals surface area contributed by atoms with Crippen molar-refractivity contribution in [3.05, 3.63) is 41.2 Å². The van der Waals surface area contributed by atoms with Gasteiger partial charge in [0, 0.05) is 6.42 Å². The van der Waals surface area contributed by atoms with E-state index in [1.807, 2.05) is 32.0 Å². The third kappa shape index (κ3) is 3.05. The molecule has 1 aromatic carbocycles. The maximum Gasteiger partial charge on any atom is 0.227 e. The molecule has 0 fully saturated rings. The largest absolute Gasteiger partial charge is 0.439 e. The van der Waals surface area contributed by atoms with Crippen LogP contribution in [0, 0.1) is 6.92 Å². The molecule has 0 saturated carbocycles. The third-order valence-corrected chi connectivity index (χ3v) is 3.12. The number of benzene rings is 1. The maximum absolute atomic E-state index is 5.89. The van der Waals surface area contributed by atoms with Crippen LogP contribution in [-0.2, 0) is 12.8 Å². The number of nitrogens with two attached hydrogens (primary N) is 1. The van der Waals surface area contributed by atoms with Crippen molar-refractivity contribution in [1.29, 1.82) is 0 Å². The van der Waals surface area contributed by atoms with Gasteiger partial charge in [-0.3, -0.25) is 0 Å². The lowest BCUT2D eigenvalue weighted by molar-refractivity contribution is 0.454. The minimum absolute atomic E-state index is 0.540. The Morgan fingerprint density at radius 1 is 1.20 bits per heavy atom. The summed E-state index contributed by atoms with van der Waals surface area (Å²) in [4.78, 5) is 8.74. The zero-order chi connectivity index (χ0) is 14.5. The van der Waals surface area contributed by atoms with Crippen LogP contribution < -0.4 is 16.0 Å². The van der Waals surface area contributed by atoms with E-state index in [9.17, 15) is 0 Å². The lowest BCUT2D eigenvalue weighted by Crippen LogP contribution is -2.13. The molecule has 0 aliphatic carbocycles. The fraction of sp³-hybridized carbons (Fsp3) is 0.333. The zero-order valence-corrected chi connectivity index (χ0v) is 12.1. The van der Waals surface area contributed by atoms with Gasteiger partial charge in [-0.2, -0.15) is 4.98 Å². The van der Waals surface area contributed by atoms with Crippen LogP contribution >= 0.6 is 0 Å². The molecule has 0 amide bonds. The van der Waals surface area contributed by atoms with Crippen LogP contribution in [0.2, 0.25) is 0 Å². The Labute approximate surface area is 119 Å². The molecular weight excluding hydrogens is 252 g/mol. The topological polar surface area (TPSA) is 73.1 Å². The summed E-state index contributed by atoms with van der Waals surface area (Å²) >= 11 is 0. The molecule has 2 aromatic rings. The number of hydrogen-bond acceptors (Lipinski definition) is 5. The number of hydrazine groups is 1. The van der Waals surface area contributed by atoms with Gasteiger partial charge >= 0.3 is 0 Å². The minimum Gasteiger partial charge on any atom is -0.439 e. The summed E-state index contributed by atoms with van der Waals surface area (Å²) in [5.41, 5.74) is 4.61. The molecule has 5 nitrogen and oxygen atoms in total. The van der Waals surface area contributed by atoms with E-state index in [4.69, 9.17) is 10.6 Å². The average Bonchev–Trinajstić information content (AvgIpc) is 2.49. The molecule has 20 heavy (non-hydrogen) atoms. The van der Waals surface area contributed by atoms with E-state index in [0.29, 0.717) is 17.5 Å². The number of nitrogens with one attached hydrogen (secondary N) is 1. The Hall–Kier alpha value is -2.14. The van der Waals surface area contributed by atoms with E-state index in [1.54, 1.807) is 0 Å². The standard InChI is InChI=1S/C15H20N4O/c1-4-11-7-6-8-12(9-11)20-15-10(3)14(19-16)17-13(5-2)18-15/h6-9H,4-5,16H2,1-3H3,(H,17,18,19). The molecule has 0 atom stereocenters. The first kappa shape index (κ1) is 14.3. The number of aromatic nitrogens is 2. The highest BCUT2D eigenvalue weighted by Crippen LogP contribution is 2.27. The first-order chi connectivity index (χ1) is 9.67. The van der Waals surface area contributed by atoms with Gasteiger partial charge in [-0.15, -0.1) is 0 Å². The number of nitrogen functional groups attached to an aromatic ring is 1. The fourth-order valence-corrected chi connectivity index (χ4v) is 1.88. The summed E-state index contributed by atoms with van der Waals surface area (Å²) in [7, 11) is 0. The van der Waals surface area contributed by atoms with E-state index < -0.39 is 0 Å². The van der Waals surface area contributed by atoms with Crippen molar-refractivity contribution < 1.29 is 4.74 Å². The predicted molar refractivity (Wildman–Crippen MR) is 79.9 cm³/mol. The highest BCUT2D eigenvalue weighted by molar-refractivity contribution is 5.49. The number of hydrogen-bond donors (Lipinski definition) is 2. The molecule has 0 aliphatic rings. The summed E-state index contributed by atoms with van der Waals surface area (Å²) in [6, 6.07) is 7.99. The highest BCUT2D eigenvalue weighted by atomic mass is 16.5. The molecular formula is C15H20N4O. The molecule has 0 saturated heterocycles. The van der Waals surface area contributed by atoms with Crippen LogP contribution in [0.4, 0.5) is 5.82 Å². The van der Waals surface area contributed by atoms with Gasteiger partial charge in [0.25, 0.3) is 0 Å². The second-order valence-corrected chi connectivity index (χ2v) is 4.52. The van der Waals surface area contributed by atoms with Gasteiger partial charge in [-0.25, -0.2) is 10.8 Å². The van der Waals surface area contributed by atoms with Crippen LogP contribution in [0.15, 0.2) is 24.3 Å². The van der Waals surface area contributed by atoms with Gasteiger partial charge in [0.05, 0.1) is 5.56 Å². The molecule has 3 N–H and O–H groups in total. The van der Waals surface area contributed by atoms with Crippen molar-refractivity contribution in [3.63, 3.8) is 0 Å². The highest BCUT2D eigenvalue weighted by Gasteiger charge is 2.11. The predicted octanol–water partition coefficient (Wildman–Crippen LogP) is 2.99. The van der Waals surface area contributed by atoms with Crippen molar-refractivity contribution in [2.45, 2.75) is 33.6 Å². The van der Waals surface area contributed by atoms with E-state index in [1.165, 1.54) is 5.56 Å². The Bertz CT molecular complexity index is 598. The maximum atomic E-state index is 5.89. The van der Waals surface area contributed by atoms with Gasteiger partial charge in [0.2, 0.25) is 5.88 Å². The zero-order valence-electron chi connectivity index (χ0n) is 12.1.